The first-order valence-corrected chi connectivity index (χ1v) is 9.40. The fourth-order valence-electron chi connectivity index (χ4n) is 2.59. The van der Waals surface area contributed by atoms with Gasteiger partial charge >= 0.3 is 5.97 Å². The molecular formula is C18H15NO5S2. The van der Waals surface area contributed by atoms with Crippen LogP contribution in [0.15, 0.2) is 54.6 Å². The highest BCUT2D eigenvalue weighted by atomic mass is 32.2. The van der Waals surface area contributed by atoms with Crippen molar-refractivity contribution in [3.63, 3.8) is 0 Å². The monoisotopic (exact) mass is 389 g/mol. The van der Waals surface area contributed by atoms with Crippen LogP contribution >= 0.6 is 11.3 Å². The molecular weight excluding hydrogens is 374 g/mol. The molecule has 3 rings (SSSR count). The van der Waals surface area contributed by atoms with E-state index in [0.29, 0.717) is 16.1 Å². The Morgan fingerprint density at radius 2 is 1.73 bits per heavy atom. The predicted octanol–water partition coefficient (Wildman–Crippen LogP) is 4.40. The first-order chi connectivity index (χ1) is 12.4. The van der Waals surface area contributed by atoms with E-state index in [2.05, 4.69) is 0 Å². The van der Waals surface area contributed by atoms with E-state index >= 15 is 0 Å². The average Bonchev–Trinajstić information content (AvgIpc) is 3.02. The van der Waals surface area contributed by atoms with Crippen molar-refractivity contribution in [3.8, 4) is 16.2 Å². The number of hydrogen-bond donors (Lipinski definition) is 3. The van der Waals surface area contributed by atoms with Crippen LogP contribution in [0.5, 0.6) is 5.75 Å². The standard InChI is InChI=1S/C18H15NO5S2/c1-11-6-2-4-8-13(11)19(26(23)24)14-10-16(25-17(14)18(21)22)12-7-3-5-9-15(12)20/h2-10,20H,1H3,(H,21,22)(H,23,24). The van der Waals surface area contributed by atoms with Crippen LogP contribution in [0.25, 0.3) is 10.4 Å². The van der Waals surface area contributed by atoms with Crippen molar-refractivity contribution >= 4 is 39.9 Å². The molecule has 3 N–H and O–H groups in total. The molecule has 0 saturated carbocycles. The molecule has 0 aliphatic heterocycles. The highest BCUT2D eigenvalue weighted by Gasteiger charge is 2.27. The Bertz CT molecular complexity index is 999. The summed E-state index contributed by atoms with van der Waals surface area (Å²) >= 11 is -1.54. The van der Waals surface area contributed by atoms with Crippen molar-refractivity contribution in [1.82, 2.24) is 0 Å². The van der Waals surface area contributed by atoms with Crippen molar-refractivity contribution < 1.29 is 23.8 Å². The van der Waals surface area contributed by atoms with Crippen molar-refractivity contribution in [1.29, 1.82) is 0 Å². The van der Waals surface area contributed by atoms with Crippen LogP contribution in [0.1, 0.15) is 15.2 Å². The summed E-state index contributed by atoms with van der Waals surface area (Å²) in [5.74, 6) is -1.21. The number of carboxylic acids is 1. The summed E-state index contributed by atoms with van der Waals surface area (Å²) in [5, 5.41) is 19.6. The summed E-state index contributed by atoms with van der Waals surface area (Å²) < 4.78 is 23.0. The van der Waals surface area contributed by atoms with Crippen molar-refractivity contribution in [2.24, 2.45) is 0 Å². The summed E-state index contributed by atoms with van der Waals surface area (Å²) in [6.45, 7) is 1.77. The van der Waals surface area contributed by atoms with Crippen LogP contribution in [0.4, 0.5) is 11.4 Å². The molecule has 0 bridgehead atoms. The number of hydrogen-bond acceptors (Lipinski definition) is 4. The Balaban J connectivity index is 2.22. The van der Waals surface area contributed by atoms with Crippen LogP contribution in [0.2, 0.25) is 0 Å². The van der Waals surface area contributed by atoms with Gasteiger partial charge in [0.2, 0.25) is 0 Å². The van der Waals surface area contributed by atoms with E-state index in [-0.39, 0.29) is 16.3 Å². The highest BCUT2D eigenvalue weighted by Crippen LogP contribution is 2.43. The maximum absolute atomic E-state index is 12.0. The van der Waals surface area contributed by atoms with Gasteiger partial charge in [-0.15, -0.1) is 11.3 Å². The molecule has 0 saturated heterocycles. The lowest BCUT2D eigenvalue weighted by atomic mass is 10.1. The minimum absolute atomic E-state index is 0.00445. The van der Waals surface area contributed by atoms with Crippen LogP contribution in [-0.4, -0.2) is 24.9 Å². The van der Waals surface area contributed by atoms with Gasteiger partial charge in [-0.25, -0.2) is 13.3 Å². The van der Waals surface area contributed by atoms with E-state index < -0.39 is 17.2 Å². The molecule has 3 aromatic rings. The summed E-state index contributed by atoms with van der Waals surface area (Å²) in [5.41, 5.74) is 1.70. The lowest BCUT2D eigenvalue weighted by molar-refractivity contribution is 0.0703. The number of phenols is 1. The third-order valence-electron chi connectivity index (χ3n) is 3.79. The summed E-state index contributed by atoms with van der Waals surface area (Å²) in [6, 6.07) is 15.0. The normalized spacial score (nSPS) is 11.9. The average molecular weight is 389 g/mol. The molecule has 2 aromatic carbocycles. The van der Waals surface area contributed by atoms with E-state index in [1.807, 2.05) is 0 Å². The van der Waals surface area contributed by atoms with Gasteiger partial charge in [-0.1, -0.05) is 30.3 Å². The van der Waals surface area contributed by atoms with Gasteiger partial charge in [0.25, 0.3) is 11.3 Å². The maximum atomic E-state index is 12.0. The molecule has 1 heterocycles. The van der Waals surface area contributed by atoms with E-state index in [1.165, 1.54) is 12.1 Å². The first kappa shape index (κ1) is 18.1. The van der Waals surface area contributed by atoms with E-state index in [0.717, 1.165) is 21.2 Å². The summed E-state index contributed by atoms with van der Waals surface area (Å²) in [7, 11) is 0. The molecule has 8 heteroatoms. The van der Waals surface area contributed by atoms with Gasteiger partial charge in [-0.2, -0.15) is 0 Å². The number of phenolic OH excluding ortho intramolecular Hbond substituents is 1. The minimum atomic E-state index is -2.48. The molecule has 134 valence electrons. The second-order valence-electron chi connectivity index (χ2n) is 5.46. The fourth-order valence-corrected chi connectivity index (χ4v) is 4.35. The molecule has 0 fully saturated rings. The molecule has 6 nitrogen and oxygen atoms in total. The number of carbonyl (C=O) groups is 1. The smallest absolute Gasteiger partial charge is 0.348 e. The molecule has 0 radical (unpaired) electrons. The van der Waals surface area contributed by atoms with E-state index in [9.17, 15) is 23.8 Å². The van der Waals surface area contributed by atoms with Gasteiger partial charge in [0, 0.05) is 10.4 Å². The molecule has 1 unspecified atom stereocenters. The third-order valence-corrected chi connectivity index (χ3v) is 5.64. The second-order valence-corrected chi connectivity index (χ2v) is 7.34. The third kappa shape index (κ3) is 3.34. The second kappa shape index (κ2) is 7.28. The molecule has 1 atom stereocenters. The van der Waals surface area contributed by atoms with Crippen LogP contribution in [0, 0.1) is 6.92 Å². The topological polar surface area (TPSA) is 98.1 Å². The molecule has 0 aliphatic carbocycles. The number of benzene rings is 2. The Labute approximate surface area is 156 Å². The van der Waals surface area contributed by atoms with Gasteiger partial charge in [-0.3, -0.25) is 4.55 Å². The van der Waals surface area contributed by atoms with Crippen LogP contribution in [0.3, 0.4) is 0 Å². The molecule has 1 aromatic heterocycles. The lowest BCUT2D eigenvalue weighted by Crippen LogP contribution is -2.21. The number of aromatic hydroxyl groups is 1. The number of thiophene rings is 1. The highest BCUT2D eigenvalue weighted by molar-refractivity contribution is 7.81. The Morgan fingerprint density at radius 1 is 1.08 bits per heavy atom. The van der Waals surface area contributed by atoms with Gasteiger partial charge < -0.3 is 10.2 Å². The molecule has 0 spiro atoms. The Hall–Kier alpha value is -2.68. The Kier molecular flexibility index (Phi) is 5.08. The molecule has 0 amide bonds. The van der Waals surface area contributed by atoms with Crippen LogP contribution in [-0.2, 0) is 11.3 Å². The van der Waals surface area contributed by atoms with E-state index in [4.69, 9.17) is 0 Å². The number of aromatic carboxylic acids is 1. The number of aryl methyl sites for hydroxylation is 1. The zero-order chi connectivity index (χ0) is 18.8. The SMILES string of the molecule is Cc1ccccc1N(c1cc(-c2ccccc2O)sc1C(=O)O)S(=O)O. The van der Waals surface area contributed by atoms with E-state index in [1.54, 1.807) is 49.4 Å². The van der Waals surface area contributed by atoms with Crippen molar-refractivity contribution in [2.75, 3.05) is 4.31 Å². The maximum Gasteiger partial charge on any atom is 0.348 e. The number of carboxylic acid groups (broad SMARTS) is 1. The largest absolute Gasteiger partial charge is 0.507 e. The zero-order valence-corrected chi connectivity index (χ0v) is 15.3. The summed E-state index contributed by atoms with van der Waals surface area (Å²) in [4.78, 5) is 12.1. The number of para-hydroxylation sites is 2. The summed E-state index contributed by atoms with van der Waals surface area (Å²) in [6.07, 6.45) is 0. The lowest BCUT2D eigenvalue weighted by Gasteiger charge is -2.21. The van der Waals surface area contributed by atoms with Gasteiger partial charge in [0.15, 0.2) is 0 Å². The quantitative estimate of drug-likeness (QED) is 0.562. The molecule has 0 aliphatic rings. The van der Waals surface area contributed by atoms with Gasteiger partial charge in [0.05, 0.1) is 11.4 Å². The minimum Gasteiger partial charge on any atom is -0.507 e. The number of rotatable bonds is 5. The number of anilines is 2. The van der Waals surface area contributed by atoms with Crippen LogP contribution < -0.4 is 4.31 Å². The van der Waals surface area contributed by atoms with Crippen molar-refractivity contribution in [2.45, 2.75) is 6.92 Å². The number of nitrogens with zero attached hydrogens (tertiary/aromatic N) is 1. The first-order valence-electron chi connectivity index (χ1n) is 7.52. The zero-order valence-electron chi connectivity index (χ0n) is 13.6. The van der Waals surface area contributed by atoms with Gasteiger partial charge in [-0.05, 0) is 36.8 Å². The fraction of sp³-hybridized carbons (Fsp3) is 0.0556. The Morgan fingerprint density at radius 3 is 2.35 bits per heavy atom. The molecule has 26 heavy (non-hydrogen) atoms. The van der Waals surface area contributed by atoms with Crippen molar-refractivity contribution in [3.05, 3.63) is 65.0 Å². The van der Waals surface area contributed by atoms with Gasteiger partial charge in [0.1, 0.15) is 10.6 Å². The predicted molar refractivity (Wildman–Crippen MR) is 102 cm³/mol.